The monoisotopic (exact) mass is 376 g/mol. The van der Waals surface area contributed by atoms with Crippen LogP contribution in [0.1, 0.15) is 31.9 Å². The molecule has 0 saturated carbocycles. The van der Waals surface area contributed by atoms with Crippen LogP contribution in [0.4, 0.5) is 11.5 Å². The quantitative estimate of drug-likeness (QED) is 0.557. The molecule has 28 heavy (non-hydrogen) atoms. The van der Waals surface area contributed by atoms with E-state index in [9.17, 15) is 4.79 Å². The van der Waals surface area contributed by atoms with E-state index < -0.39 is 0 Å². The highest BCUT2D eigenvalue weighted by Gasteiger charge is 2.15. The minimum atomic E-state index is -0.303. The van der Waals surface area contributed by atoms with Crippen molar-refractivity contribution in [3.05, 3.63) is 67.0 Å². The largest absolute Gasteiger partial charge is 0.492 e. The normalized spacial score (nSPS) is 11.6. The highest BCUT2D eigenvalue weighted by atomic mass is 16.5. The first kappa shape index (κ1) is 19.4. The van der Waals surface area contributed by atoms with Crippen LogP contribution in [0.5, 0.6) is 5.75 Å². The van der Waals surface area contributed by atoms with Crippen molar-refractivity contribution in [1.29, 1.82) is 0 Å². The van der Waals surface area contributed by atoms with Crippen molar-refractivity contribution in [2.75, 3.05) is 17.2 Å². The van der Waals surface area contributed by atoms with Gasteiger partial charge < -0.3 is 15.4 Å². The van der Waals surface area contributed by atoms with E-state index in [-0.39, 0.29) is 11.9 Å². The molecule has 0 fully saturated rings. The summed E-state index contributed by atoms with van der Waals surface area (Å²) in [4.78, 5) is 20.6. The second-order valence-electron chi connectivity index (χ2n) is 6.23. The Bertz CT molecular complexity index is 973. The summed E-state index contributed by atoms with van der Waals surface area (Å²) < 4.78 is 5.67. The van der Waals surface area contributed by atoms with Crippen LogP contribution in [0, 0.1) is 0 Å². The number of carbonyl (C=O) groups is 1. The molecule has 0 radical (unpaired) electrons. The summed E-state index contributed by atoms with van der Waals surface area (Å²) in [5, 5.41) is 7.11. The van der Waals surface area contributed by atoms with Crippen molar-refractivity contribution in [3.63, 3.8) is 0 Å². The number of aromatic nitrogens is 2. The summed E-state index contributed by atoms with van der Waals surface area (Å²) in [7, 11) is 0. The molecule has 6 nitrogen and oxygen atoms in total. The average molecular weight is 376 g/mol. The van der Waals surface area contributed by atoms with Crippen molar-refractivity contribution in [1.82, 2.24) is 9.97 Å². The van der Waals surface area contributed by atoms with Gasteiger partial charge >= 0.3 is 0 Å². The highest BCUT2D eigenvalue weighted by Crippen LogP contribution is 2.34. The van der Waals surface area contributed by atoms with Crippen LogP contribution in [0.2, 0.25) is 0 Å². The summed E-state index contributed by atoms with van der Waals surface area (Å²) in [5.74, 6) is 0.963. The minimum Gasteiger partial charge on any atom is -0.492 e. The number of ether oxygens (including phenoxy) is 1. The van der Waals surface area contributed by atoms with Crippen molar-refractivity contribution in [2.24, 2.45) is 0 Å². The zero-order valence-electron chi connectivity index (χ0n) is 16.1. The SMILES string of the molecule is C=CC(=O)Nc1cc2c(NC(CC)c3ccccc3)ncnc2cc1OCC. The van der Waals surface area contributed by atoms with Crippen LogP contribution in [-0.2, 0) is 4.79 Å². The fourth-order valence-corrected chi connectivity index (χ4v) is 3.03. The molecule has 1 heterocycles. The number of anilines is 2. The molecule has 2 aromatic carbocycles. The molecule has 0 spiro atoms. The second kappa shape index (κ2) is 8.99. The first-order valence-corrected chi connectivity index (χ1v) is 9.32. The number of fused-ring (bicyclic) bond motifs is 1. The molecule has 1 unspecified atom stereocenters. The molecule has 0 bridgehead atoms. The number of nitrogens with one attached hydrogen (secondary N) is 2. The lowest BCUT2D eigenvalue weighted by molar-refractivity contribution is -0.111. The van der Waals surface area contributed by atoms with Gasteiger partial charge in [0.2, 0.25) is 5.91 Å². The fourth-order valence-electron chi connectivity index (χ4n) is 3.03. The van der Waals surface area contributed by atoms with Gasteiger partial charge in [-0.1, -0.05) is 43.8 Å². The van der Waals surface area contributed by atoms with Crippen LogP contribution in [-0.4, -0.2) is 22.5 Å². The minimum absolute atomic E-state index is 0.108. The molecule has 0 aliphatic rings. The van der Waals surface area contributed by atoms with Gasteiger partial charge in [0.15, 0.2) is 0 Å². The highest BCUT2D eigenvalue weighted by molar-refractivity contribution is 6.03. The van der Waals surface area contributed by atoms with Crippen molar-refractivity contribution in [3.8, 4) is 5.75 Å². The Balaban J connectivity index is 2.03. The van der Waals surface area contributed by atoms with Gasteiger partial charge in [0.25, 0.3) is 0 Å². The lowest BCUT2D eigenvalue weighted by Gasteiger charge is -2.20. The number of carbonyl (C=O) groups excluding carboxylic acids is 1. The Labute approximate surface area is 164 Å². The van der Waals surface area contributed by atoms with Gasteiger partial charge in [-0.15, -0.1) is 0 Å². The third-order valence-electron chi connectivity index (χ3n) is 4.40. The van der Waals surface area contributed by atoms with Gasteiger partial charge in [0, 0.05) is 11.5 Å². The van der Waals surface area contributed by atoms with E-state index in [4.69, 9.17) is 4.74 Å². The van der Waals surface area contributed by atoms with Crippen molar-refractivity contribution >= 4 is 28.3 Å². The van der Waals surface area contributed by atoms with E-state index in [1.54, 1.807) is 0 Å². The standard InChI is InChI=1S/C22H24N4O2/c1-4-17(15-10-8-7-9-11-15)26-22-16-12-19(25-21(27)5-2)20(28-6-3)13-18(16)23-14-24-22/h5,7-14,17H,2,4,6H2,1,3H3,(H,25,27)(H,23,24,26). The Morgan fingerprint density at radius 1 is 1.21 bits per heavy atom. The summed E-state index contributed by atoms with van der Waals surface area (Å²) in [6.07, 6.45) is 3.65. The number of hydrogen-bond donors (Lipinski definition) is 2. The molecule has 2 N–H and O–H groups in total. The number of hydrogen-bond acceptors (Lipinski definition) is 5. The molecule has 144 valence electrons. The van der Waals surface area contributed by atoms with Crippen molar-refractivity contribution in [2.45, 2.75) is 26.3 Å². The van der Waals surface area contributed by atoms with E-state index in [0.29, 0.717) is 23.9 Å². The summed E-state index contributed by atoms with van der Waals surface area (Å²) in [6, 6.07) is 14.0. The lowest BCUT2D eigenvalue weighted by Crippen LogP contribution is -2.12. The van der Waals surface area contributed by atoms with Gasteiger partial charge in [-0.25, -0.2) is 9.97 Å². The topological polar surface area (TPSA) is 76.1 Å². The predicted octanol–water partition coefficient (Wildman–Crippen LogP) is 4.72. The maximum Gasteiger partial charge on any atom is 0.247 e. The Morgan fingerprint density at radius 3 is 2.68 bits per heavy atom. The molecule has 0 aliphatic heterocycles. The van der Waals surface area contributed by atoms with E-state index in [1.165, 1.54) is 18.0 Å². The number of benzene rings is 2. The first-order chi connectivity index (χ1) is 13.7. The lowest BCUT2D eigenvalue weighted by atomic mass is 10.0. The number of amides is 1. The van der Waals surface area contributed by atoms with E-state index in [2.05, 4.69) is 46.2 Å². The zero-order chi connectivity index (χ0) is 19.9. The first-order valence-electron chi connectivity index (χ1n) is 9.32. The molecule has 0 saturated heterocycles. The van der Waals surface area contributed by atoms with Gasteiger partial charge in [0.1, 0.15) is 17.9 Å². The average Bonchev–Trinajstić information content (AvgIpc) is 2.73. The molecular weight excluding hydrogens is 352 g/mol. The van der Waals surface area contributed by atoms with Crippen LogP contribution in [0.15, 0.2) is 61.4 Å². The summed E-state index contributed by atoms with van der Waals surface area (Å²) in [6.45, 7) is 8.00. The van der Waals surface area contributed by atoms with E-state index in [1.807, 2.05) is 37.3 Å². The Kier molecular flexibility index (Phi) is 6.22. The third-order valence-corrected chi connectivity index (χ3v) is 4.40. The van der Waals surface area contributed by atoms with Crippen LogP contribution in [0.25, 0.3) is 10.9 Å². The maximum atomic E-state index is 11.8. The van der Waals surface area contributed by atoms with E-state index >= 15 is 0 Å². The van der Waals surface area contributed by atoms with Crippen LogP contribution in [0.3, 0.4) is 0 Å². The zero-order valence-corrected chi connectivity index (χ0v) is 16.1. The van der Waals surface area contributed by atoms with Crippen LogP contribution < -0.4 is 15.4 Å². The molecule has 1 aromatic heterocycles. The Hall–Kier alpha value is -3.41. The summed E-state index contributed by atoms with van der Waals surface area (Å²) in [5.41, 5.74) is 2.48. The van der Waals surface area contributed by atoms with Crippen LogP contribution >= 0.6 is 0 Å². The number of nitrogens with zero attached hydrogens (tertiary/aromatic N) is 2. The molecule has 1 atom stereocenters. The van der Waals surface area contributed by atoms with Gasteiger partial charge in [0.05, 0.1) is 23.9 Å². The second-order valence-corrected chi connectivity index (χ2v) is 6.23. The van der Waals surface area contributed by atoms with Gasteiger partial charge in [-0.3, -0.25) is 4.79 Å². The molecule has 0 aliphatic carbocycles. The molecule has 1 amide bonds. The van der Waals surface area contributed by atoms with Crippen molar-refractivity contribution < 1.29 is 9.53 Å². The van der Waals surface area contributed by atoms with Gasteiger partial charge in [-0.05, 0) is 31.1 Å². The van der Waals surface area contributed by atoms with E-state index in [0.717, 1.165) is 17.3 Å². The Morgan fingerprint density at radius 2 is 2.00 bits per heavy atom. The molecule has 3 rings (SSSR count). The molecule has 3 aromatic rings. The molecule has 6 heteroatoms. The number of rotatable bonds is 8. The fraction of sp³-hybridized carbons (Fsp3) is 0.227. The maximum absolute atomic E-state index is 11.8. The van der Waals surface area contributed by atoms with Gasteiger partial charge in [-0.2, -0.15) is 0 Å². The molecular formula is C22H24N4O2. The third kappa shape index (κ3) is 4.28. The smallest absolute Gasteiger partial charge is 0.247 e. The summed E-state index contributed by atoms with van der Waals surface area (Å²) >= 11 is 0. The predicted molar refractivity (Wildman–Crippen MR) is 113 cm³/mol.